The normalized spacial score (nSPS) is 12.9. The number of anilines is 1. The van der Waals surface area contributed by atoms with Gasteiger partial charge in [0.2, 0.25) is 0 Å². The number of amides is 1. The van der Waals surface area contributed by atoms with E-state index in [9.17, 15) is 9.59 Å². The first-order valence-corrected chi connectivity index (χ1v) is 9.40. The second-order valence-corrected chi connectivity index (χ2v) is 7.14. The summed E-state index contributed by atoms with van der Waals surface area (Å²) in [6, 6.07) is 23.1. The molecule has 0 bridgehead atoms. The van der Waals surface area contributed by atoms with Gasteiger partial charge in [-0.3, -0.25) is 9.59 Å². The van der Waals surface area contributed by atoms with Crippen LogP contribution in [0.15, 0.2) is 72.8 Å². The predicted molar refractivity (Wildman–Crippen MR) is 112 cm³/mol. The Morgan fingerprint density at radius 1 is 0.893 bits per heavy atom. The van der Waals surface area contributed by atoms with Gasteiger partial charge < -0.3 is 10.2 Å². The smallest absolute Gasteiger partial charge is 0.251 e. The van der Waals surface area contributed by atoms with Crippen LogP contribution in [0.2, 0.25) is 0 Å². The molecule has 1 aliphatic carbocycles. The lowest BCUT2D eigenvalue weighted by atomic mass is 10.0. The van der Waals surface area contributed by atoms with Crippen molar-refractivity contribution in [3.05, 3.63) is 89.5 Å². The number of hydrogen-bond donors (Lipinski definition) is 1. The minimum Gasteiger partial charge on any atom is -0.370 e. The molecule has 1 N–H and O–H groups in total. The Kier molecular flexibility index (Phi) is 4.70. The average molecular weight is 370 g/mol. The molecule has 0 spiro atoms. The van der Waals surface area contributed by atoms with Crippen LogP contribution in [0, 0.1) is 0 Å². The standard InChI is InChI=1S/C24H22N2O2/c1-16(26(2)18-8-4-3-5-9-18)15-25-24(28)17-12-13-20-19-10-6-7-11-21(19)23(27)22(20)14-17/h3-14,16H,15H2,1-2H3,(H,25,28). The number of likely N-dealkylation sites (N-methyl/N-ethyl adjacent to an activating group) is 1. The summed E-state index contributed by atoms with van der Waals surface area (Å²) in [4.78, 5) is 27.4. The van der Waals surface area contributed by atoms with Crippen LogP contribution < -0.4 is 10.2 Å². The maximum absolute atomic E-state index is 12.6. The molecular weight excluding hydrogens is 348 g/mol. The van der Waals surface area contributed by atoms with Crippen LogP contribution in [0.25, 0.3) is 11.1 Å². The lowest BCUT2D eigenvalue weighted by molar-refractivity contribution is 0.0951. The topological polar surface area (TPSA) is 49.4 Å². The summed E-state index contributed by atoms with van der Waals surface area (Å²) < 4.78 is 0. The molecule has 1 unspecified atom stereocenters. The monoisotopic (exact) mass is 370 g/mol. The lowest BCUT2D eigenvalue weighted by Crippen LogP contribution is -2.40. The van der Waals surface area contributed by atoms with Crippen LogP contribution in [0.3, 0.4) is 0 Å². The fraction of sp³-hybridized carbons (Fsp3) is 0.167. The van der Waals surface area contributed by atoms with Gasteiger partial charge in [-0.25, -0.2) is 0 Å². The quantitative estimate of drug-likeness (QED) is 0.574. The SMILES string of the molecule is CC(CNC(=O)c1ccc2c(c1)C(=O)c1ccccc1-2)N(C)c1ccccc1. The summed E-state index contributed by atoms with van der Waals surface area (Å²) in [5, 5.41) is 2.98. The highest BCUT2D eigenvalue weighted by Gasteiger charge is 2.27. The summed E-state index contributed by atoms with van der Waals surface area (Å²) >= 11 is 0. The molecule has 4 rings (SSSR count). The van der Waals surface area contributed by atoms with E-state index in [-0.39, 0.29) is 17.7 Å². The molecule has 1 amide bonds. The molecule has 140 valence electrons. The molecule has 1 aliphatic rings. The number of rotatable bonds is 5. The van der Waals surface area contributed by atoms with Gasteiger partial charge in [0, 0.05) is 42.0 Å². The van der Waals surface area contributed by atoms with E-state index in [1.54, 1.807) is 12.1 Å². The van der Waals surface area contributed by atoms with Crippen molar-refractivity contribution >= 4 is 17.4 Å². The van der Waals surface area contributed by atoms with Gasteiger partial charge in [0.1, 0.15) is 0 Å². The Morgan fingerprint density at radius 3 is 2.29 bits per heavy atom. The third-order valence-corrected chi connectivity index (χ3v) is 5.37. The summed E-state index contributed by atoms with van der Waals surface area (Å²) in [6.45, 7) is 2.58. The van der Waals surface area contributed by atoms with Crippen molar-refractivity contribution in [1.82, 2.24) is 5.32 Å². The Balaban J connectivity index is 1.46. The van der Waals surface area contributed by atoms with Crippen LogP contribution in [-0.4, -0.2) is 31.3 Å². The maximum Gasteiger partial charge on any atom is 0.251 e. The molecule has 0 fully saturated rings. The minimum absolute atomic E-state index is 0.0163. The molecule has 28 heavy (non-hydrogen) atoms. The highest BCUT2D eigenvalue weighted by atomic mass is 16.1. The van der Waals surface area contributed by atoms with E-state index in [0.29, 0.717) is 23.2 Å². The molecule has 4 heteroatoms. The molecular formula is C24H22N2O2. The summed E-state index contributed by atoms with van der Waals surface area (Å²) in [7, 11) is 2.01. The van der Waals surface area contributed by atoms with Crippen molar-refractivity contribution in [3.63, 3.8) is 0 Å². The lowest BCUT2D eigenvalue weighted by Gasteiger charge is -2.27. The number of para-hydroxylation sites is 1. The number of fused-ring (bicyclic) bond motifs is 3. The van der Waals surface area contributed by atoms with E-state index in [1.807, 2.05) is 67.7 Å². The van der Waals surface area contributed by atoms with E-state index < -0.39 is 0 Å². The largest absolute Gasteiger partial charge is 0.370 e. The van der Waals surface area contributed by atoms with Crippen LogP contribution >= 0.6 is 0 Å². The van der Waals surface area contributed by atoms with Crippen LogP contribution in [0.5, 0.6) is 0 Å². The van der Waals surface area contributed by atoms with Gasteiger partial charge in [-0.15, -0.1) is 0 Å². The number of nitrogens with one attached hydrogen (secondary N) is 1. The van der Waals surface area contributed by atoms with Gasteiger partial charge in [0.15, 0.2) is 5.78 Å². The fourth-order valence-corrected chi connectivity index (χ4v) is 3.57. The van der Waals surface area contributed by atoms with E-state index in [2.05, 4.69) is 17.1 Å². The molecule has 1 atom stereocenters. The first kappa shape index (κ1) is 18.0. The van der Waals surface area contributed by atoms with Crippen molar-refractivity contribution in [1.29, 1.82) is 0 Å². The molecule has 0 saturated heterocycles. The number of hydrogen-bond acceptors (Lipinski definition) is 3. The summed E-state index contributed by atoms with van der Waals surface area (Å²) in [6.07, 6.45) is 0. The number of benzene rings is 3. The molecule has 0 heterocycles. The highest BCUT2D eigenvalue weighted by molar-refractivity contribution is 6.22. The van der Waals surface area contributed by atoms with Crippen molar-refractivity contribution in [2.24, 2.45) is 0 Å². The zero-order valence-corrected chi connectivity index (χ0v) is 16.0. The highest BCUT2D eigenvalue weighted by Crippen LogP contribution is 2.36. The van der Waals surface area contributed by atoms with Gasteiger partial charge in [0.25, 0.3) is 5.91 Å². The predicted octanol–water partition coefficient (Wildman–Crippen LogP) is 4.15. The molecule has 0 saturated carbocycles. The van der Waals surface area contributed by atoms with Crippen LogP contribution in [0.1, 0.15) is 33.2 Å². The van der Waals surface area contributed by atoms with Gasteiger partial charge in [-0.1, -0.05) is 48.5 Å². The first-order valence-electron chi connectivity index (χ1n) is 9.40. The number of carbonyl (C=O) groups excluding carboxylic acids is 2. The second-order valence-electron chi connectivity index (χ2n) is 7.14. The van der Waals surface area contributed by atoms with Crippen molar-refractivity contribution in [3.8, 4) is 11.1 Å². The molecule has 0 radical (unpaired) electrons. The number of ketones is 1. The average Bonchev–Trinajstić information content (AvgIpc) is 3.04. The minimum atomic E-state index is -0.167. The van der Waals surface area contributed by atoms with E-state index in [4.69, 9.17) is 0 Å². The summed E-state index contributed by atoms with van der Waals surface area (Å²) in [5.74, 6) is -0.183. The van der Waals surface area contributed by atoms with Crippen LogP contribution in [0.4, 0.5) is 5.69 Å². The van der Waals surface area contributed by atoms with Crippen molar-refractivity contribution in [2.45, 2.75) is 13.0 Å². The third-order valence-electron chi connectivity index (χ3n) is 5.37. The van der Waals surface area contributed by atoms with Gasteiger partial charge in [-0.2, -0.15) is 0 Å². The Labute approximate surface area is 164 Å². The van der Waals surface area contributed by atoms with Crippen molar-refractivity contribution in [2.75, 3.05) is 18.5 Å². The van der Waals surface area contributed by atoms with Gasteiger partial charge in [-0.05, 0) is 42.3 Å². The van der Waals surface area contributed by atoms with Gasteiger partial charge in [0.05, 0.1) is 0 Å². The number of carbonyl (C=O) groups is 2. The first-order chi connectivity index (χ1) is 13.6. The second kappa shape index (κ2) is 7.31. The van der Waals surface area contributed by atoms with Gasteiger partial charge >= 0.3 is 0 Å². The molecule has 3 aromatic carbocycles. The van der Waals surface area contributed by atoms with Crippen molar-refractivity contribution < 1.29 is 9.59 Å². The third kappa shape index (κ3) is 3.18. The van der Waals surface area contributed by atoms with E-state index in [1.165, 1.54) is 0 Å². The molecule has 0 aromatic heterocycles. The Morgan fingerprint density at radius 2 is 1.54 bits per heavy atom. The Hall–Kier alpha value is -3.40. The van der Waals surface area contributed by atoms with Crippen LogP contribution in [-0.2, 0) is 0 Å². The molecule has 4 nitrogen and oxygen atoms in total. The molecule has 3 aromatic rings. The van der Waals surface area contributed by atoms with E-state index >= 15 is 0 Å². The van der Waals surface area contributed by atoms with E-state index in [0.717, 1.165) is 16.8 Å². The number of nitrogens with zero attached hydrogens (tertiary/aromatic N) is 1. The zero-order valence-electron chi connectivity index (χ0n) is 16.0. The summed E-state index contributed by atoms with van der Waals surface area (Å²) in [5.41, 5.74) is 4.75. The maximum atomic E-state index is 12.6. The zero-order chi connectivity index (χ0) is 19.7. The fourth-order valence-electron chi connectivity index (χ4n) is 3.57. The molecule has 0 aliphatic heterocycles. The Bertz CT molecular complexity index is 1040.